The fourth-order valence-corrected chi connectivity index (χ4v) is 5.84. The van der Waals surface area contributed by atoms with E-state index in [0.29, 0.717) is 18.7 Å². The van der Waals surface area contributed by atoms with Gasteiger partial charge in [0.1, 0.15) is 5.82 Å². The van der Waals surface area contributed by atoms with Crippen molar-refractivity contribution in [2.75, 3.05) is 44.2 Å². The van der Waals surface area contributed by atoms with Crippen molar-refractivity contribution < 1.29 is 13.2 Å². The number of amides is 1. The molecule has 0 radical (unpaired) electrons. The van der Waals surface area contributed by atoms with Crippen LogP contribution in [0.1, 0.15) is 23.2 Å². The first-order valence-corrected chi connectivity index (χ1v) is 11.9. The largest absolute Gasteiger partial charge is 0.356 e. The second-order valence-electron chi connectivity index (χ2n) is 7.22. The van der Waals surface area contributed by atoms with Crippen LogP contribution in [0.25, 0.3) is 0 Å². The zero-order valence-corrected chi connectivity index (χ0v) is 18.4. The Morgan fingerprint density at radius 2 is 1.69 bits per heavy atom. The summed E-state index contributed by atoms with van der Waals surface area (Å²) < 4.78 is 28.0. The van der Waals surface area contributed by atoms with Gasteiger partial charge in [-0.3, -0.25) is 4.79 Å². The van der Waals surface area contributed by atoms with Gasteiger partial charge in [0.2, 0.25) is 10.0 Å². The molecule has 1 amide bonds. The Morgan fingerprint density at radius 3 is 2.38 bits per heavy atom. The summed E-state index contributed by atoms with van der Waals surface area (Å²) in [6, 6.07) is 10.3. The van der Waals surface area contributed by atoms with Crippen LogP contribution in [0.5, 0.6) is 0 Å². The molecule has 7 nitrogen and oxygen atoms in total. The minimum atomic E-state index is -3.57. The molecule has 29 heavy (non-hydrogen) atoms. The van der Waals surface area contributed by atoms with Gasteiger partial charge < -0.3 is 9.80 Å². The summed E-state index contributed by atoms with van der Waals surface area (Å²) >= 11 is 3.32. The summed E-state index contributed by atoms with van der Waals surface area (Å²) in [5.41, 5.74) is 0.595. The molecule has 3 heterocycles. The fraction of sp³-hybridized carbons (Fsp3) is 0.400. The third-order valence-electron chi connectivity index (χ3n) is 5.38. The zero-order chi connectivity index (χ0) is 20.4. The van der Waals surface area contributed by atoms with Crippen molar-refractivity contribution in [1.29, 1.82) is 0 Å². The molecule has 0 N–H and O–H groups in total. The Morgan fingerprint density at radius 1 is 0.966 bits per heavy atom. The molecule has 0 bridgehead atoms. The molecule has 0 unspecified atom stereocenters. The highest BCUT2D eigenvalue weighted by atomic mass is 79.9. The SMILES string of the molecule is O=C(c1cccnc1N1CCCC1)N1CCN(S(=O)(=O)c2cccc(Br)c2)CC1. The number of rotatable bonds is 4. The topological polar surface area (TPSA) is 73.8 Å². The van der Waals surface area contributed by atoms with Gasteiger partial charge in [0.25, 0.3) is 5.91 Å². The van der Waals surface area contributed by atoms with E-state index in [-0.39, 0.29) is 23.9 Å². The predicted molar refractivity (Wildman–Crippen MR) is 114 cm³/mol. The Balaban J connectivity index is 1.47. The number of aromatic nitrogens is 1. The van der Waals surface area contributed by atoms with Gasteiger partial charge in [0.05, 0.1) is 10.5 Å². The first-order valence-electron chi connectivity index (χ1n) is 9.72. The number of anilines is 1. The number of pyridine rings is 1. The van der Waals surface area contributed by atoms with Crippen molar-refractivity contribution in [2.45, 2.75) is 17.7 Å². The number of nitrogens with zero attached hydrogens (tertiary/aromatic N) is 4. The highest BCUT2D eigenvalue weighted by molar-refractivity contribution is 9.10. The normalized spacial score (nSPS) is 18.2. The van der Waals surface area contributed by atoms with Crippen LogP contribution in [0.4, 0.5) is 5.82 Å². The maximum Gasteiger partial charge on any atom is 0.257 e. The highest BCUT2D eigenvalue weighted by Gasteiger charge is 2.32. The van der Waals surface area contributed by atoms with Gasteiger partial charge in [-0.15, -0.1) is 0 Å². The second-order valence-corrected chi connectivity index (χ2v) is 10.1. The van der Waals surface area contributed by atoms with Crippen LogP contribution in [-0.2, 0) is 10.0 Å². The molecule has 1 aromatic heterocycles. The van der Waals surface area contributed by atoms with Crippen LogP contribution >= 0.6 is 15.9 Å². The number of benzene rings is 1. The maximum absolute atomic E-state index is 13.1. The molecule has 0 aliphatic carbocycles. The number of hydrogen-bond donors (Lipinski definition) is 0. The molecular formula is C20H23BrN4O3S. The molecule has 2 aromatic rings. The van der Waals surface area contributed by atoms with Gasteiger partial charge in [-0.1, -0.05) is 22.0 Å². The molecule has 0 atom stereocenters. The molecule has 2 aliphatic heterocycles. The van der Waals surface area contributed by atoms with Crippen molar-refractivity contribution in [1.82, 2.24) is 14.2 Å². The van der Waals surface area contributed by atoms with E-state index in [9.17, 15) is 13.2 Å². The van der Waals surface area contributed by atoms with E-state index >= 15 is 0 Å². The fourth-order valence-electron chi connectivity index (χ4n) is 3.82. The van der Waals surface area contributed by atoms with E-state index < -0.39 is 10.0 Å². The van der Waals surface area contributed by atoms with E-state index in [1.807, 2.05) is 6.07 Å². The van der Waals surface area contributed by atoms with Gasteiger partial charge in [0, 0.05) is 49.9 Å². The monoisotopic (exact) mass is 478 g/mol. The van der Waals surface area contributed by atoms with Crippen molar-refractivity contribution in [3.05, 3.63) is 52.6 Å². The minimum Gasteiger partial charge on any atom is -0.356 e. The molecule has 2 aliphatic rings. The summed E-state index contributed by atoms with van der Waals surface area (Å²) in [5, 5.41) is 0. The number of hydrogen-bond acceptors (Lipinski definition) is 5. The van der Waals surface area contributed by atoms with Crippen molar-refractivity contribution in [2.24, 2.45) is 0 Å². The van der Waals surface area contributed by atoms with Crippen molar-refractivity contribution in [3.8, 4) is 0 Å². The molecule has 2 fully saturated rings. The lowest BCUT2D eigenvalue weighted by Gasteiger charge is -2.34. The van der Waals surface area contributed by atoms with Crippen LogP contribution in [-0.4, -0.2) is 67.8 Å². The van der Waals surface area contributed by atoms with Crippen LogP contribution < -0.4 is 4.90 Å². The number of piperazine rings is 1. The molecule has 0 saturated carbocycles. The van der Waals surface area contributed by atoms with Crippen LogP contribution in [0.2, 0.25) is 0 Å². The van der Waals surface area contributed by atoms with E-state index in [4.69, 9.17) is 0 Å². The first kappa shape index (κ1) is 20.3. The quantitative estimate of drug-likeness (QED) is 0.674. The molecular weight excluding hydrogens is 456 g/mol. The molecule has 1 aromatic carbocycles. The standard InChI is InChI=1S/C20H23BrN4O3S/c21-16-5-3-6-17(15-16)29(27,28)25-13-11-24(12-14-25)20(26)18-7-4-8-22-19(18)23-9-1-2-10-23/h3-8,15H,1-2,9-14H2. The Labute approximate surface area is 179 Å². The van der Waals surface area contributed by atoms with Gasteiger partial charge in [-0.05, 0) is 43.2 Å². The van der Waals surface area contributed by atoms with Crippen molar-refractivity contribution >= 4 is 37.7 Å². The molecule has 2 saturated heterocycles. The first-order chi connectivity index (χ1) is 14.0. The van der Waals surface area contributed by atoms with Gasteiger partial charge >= 0.3 is 0 Å². The van der Waals surface area contributed by atoms with E-state index in [1.54, 1.807) is 41.4 Å². The van der Waals surface area contributed by atoms with E-state index in [2.05, 4.69) is 25.8 Å². The maximum atomic E-state index is 13.1. The van der Waals surface area contributed by atoms with Crippen LogP contribution in [0.3, 0.4) is 0 Å². The summed E-state index contributed by atoms with van der Waals surface area (Å²) in [4.78, 5) is 21.7. The summed E-state index contributed by atoms with van der Waals surface area (Å²) in [6.07, 6.45) is 3.93. The summed E-state index contributed by atoms with van der Waals surface area (Å²) in [7, 11) is -3.57. The summed E-state index contributed by atoms with van der Waals surface area (Å²) in [5.74, 6) is 0.652. The average molecular weight is 479 g/mol. The minimum absolute atomic E-state index is 0.0838. The second kappa shape index (κ2) is 8.41. The van der Waals surface area contributed by atoms with Crippen LogP contribution in [0, 0.1) is 0 Å². The lowest BCUT2D eigenvalue weighted by Crippen LogP contribution is -2.50. The highest BCUT2D eigenvalue weighted by Crippen LogP contribution is 2.25. The molecule has 154 valence electrons. The number of sulfonamides is 1. The van der Waals surface area contributed by atoms with Crippen molar-refractivity contribution in [3.63, 3.8) is 0 Å². The summed E-state index contributed by atoms with van der Waals surface area (Å²) in [6.45, 7) is 3.10. The third-order valence-corrected chi connectivity index (χ3v) is 7.77. The lowest BCUT2D eigenvalue weighted by molar-refractivity contribution is 0.0698. The smallest absolute Gasteiger partial charge is 0.257 e. The van der Waals surface area contributed by atoms with Crippen LogP contribution in [0.15, 0.2) is 52.0 Å². The number of carbonyl (C=O) groups excluding carboxylic acids is 1. The molecule has 9 heteroatoms. The Bertz CT molecular complexity index is 1000. The van der Waals surface area contributed by atoms with Gasteiger partial charge in [-0.2, -0.15) is 4.31 Å². The van der Waals surface area contributed by atoms with E-state index in [1.165, 1.54) is 4.31 Å². The van der Waals surface area contributed by atoms with E-state index in [0.717, 1.165) is 36.2 Å². The zero-order valence-electron chi connectivity index (χ0n) is 16.0. The Hall–Kier alpha value is -1.97. The molecule has 0 spiro atoms. The Kier molecular flexibility index (Phi) is 5.89. The van der Waals surface area contributed by atoms with Gasteiger partial charge in [0.15, 0.2) is 0 Å². The predicted octanol–water partition coefficient (Wildman–Crippen LogP) is 2.59. The number of halogens is 1. The lowest BCUT2D eigenvalue weighted by atomic mass is 10.2. The third kappa shape index (κ3) is 4.17. The molecule has 4 rings (SSSR count). The van der Waals surface area contributed by atoms with Gasteiger partial charge in [-0.25, -0.2) is 13.4 Å². The average Bonchev–Trinajstić information content (AvgIpc) is 3.28. The number of carbonyl (C=O) groups is 1.